The fourth-order valence-electron chi connectivity index (χ4n) is 1.70. The zero-order chi connectivity index (χ0) is 14.0. The topological polar surface area (TPSA) is 60.2 Å². The normalized spacial score (nSPS) is 12.5. The van der Waals surface area contributed by atoms with Crippen LogP contribution in [0.25, 0.3) is 0 Å². The van der Waals surface area contributed by atoms with Gasteiger partial charge in [0.1, 0.15) is 18.2 Å². The molecule has 2 rings (SSSR count). The maximum absolute atomic E-state index is 9.71. The molecule has 0 bridgehead atoms. The summed E-state index contributed by atoms with van der Waals surface area (Å²) >= 11 is 5.91. The van der Waals surface area contributed by atoms with Gasteiger partial charge >= 0.3 is 0 Å². The summed E-state index contributed by atoms with van der Waals surface area (Å²) in [6.07, 6.45) is -0.644. The number of halogens is 1. The van der Waals surface area contributed by atoms with E-state index in [1.54, 1.807) is 25.1 Å². The van der Waals surface area contributed by atoms with Gasteiger partial charge in [0.2, 0.25) is 0 Å². The van der Waals surface area contributed by atoms with Gasteiger partial charge in [-0.25, -0.2) is 0 Å². The molecule has 1 heterocycles. The second kappa shape index (κ2) is 5.59. The van der Waals surface area contributed by atoms with Crippen LogP contribution in [0.15, 0.2) is 18.2 Å². The smallest absolute Gasteiger partial charge is 0.170 e. The minimum absolute atomic E-state index is 0.290. The lowest BCUT2D eigenvalue weighted by molar-refractivity contribution is 0.189. The van der Waals surface area contributed by atoms with Crippen LogP contribution in [0, 0.1) is 6.92 Å². The third-order valence-corrected chi connectivity index (χ3v) is 3.20. The van der Waals surface area contributed by atoms with E-state index in [-0.39, 0.29) is 0 Å². The molecular formula is C13H16ClN3O2. The summed E-state index contributed by atoms with van der Waals surface area (Å²) in [7, 11) is 1.88. The van der Waals surface area contributed by atoms with Gasteiger partial charge in [0, 0.05) is 17.6 Å². The number of hydrogen-bond acceptors (Lipinski definition) is 4. The molecule has 0 saturated carbocycles. The van der Waals surface area contributed by atoms with Crippen LogP contribution in [0.4, 0.5) is 0 Å². The Balaban J connectivity index is 2.17. The molecule has 6 heteroatoms. The molecule has 19 heavy (non-hydrogen) atoms. The number of aromatic nitrogens is 3. The molecule has 1 aromatic carbocycles. The second-order valence-electron chi connectivity index (χ2n) is 4.37. The number of aliphatic hydroxyl groups excluding tert-OH is 1. The van der Waals surface area contributed by atoms with Gasteiger partial charge in [-0.05, 0) is 32.0 Å². The zero-order valence-electron chi connectivity index (χ0n) is 11.1. The SMILES string of the molecule is Cc1nnc(COc2ccc(Cl)cc2[C@@H](C)O)n1C. The Morgan fingerprint density at radius 1 is 1.42 bits per heavy atom. The van der Waals surface area contributed by atoms with Gasteiger partial charge in [0.05, 0.1) is 6.10 Å². The maximum atomic E-state index is 9.71. The van der Waals surface area contributed by atoms with E-state index >= 15 is 0 Å². The summed E-state index contributed by atoms with van der Waals surface area (Å²) < 4.78 is 7.55. The van der Waals surface area contributed by atoms with E-state index < -0.39 is 6.10 Å². The average Bonchev–Trinajstić information content (AvgIpc) is 2.68. The molecule has 0 saturated heterocycles. The predicted molar refractivity (Wildman–Crippen MR) is 72.2 cm³/mol. The van der Waals surface area contributed by atoms with Crippen molar-refractivity contribution in [1.29, 1.82) is 0 Å². The van der Waals surface area contributed by atoms with Gasteiger partial charge in [-0.3, -0.25) is 0 Å². The quantitative estimate of drug-likeness (QED) is 0.935. The molecule has 2 aromatic rings. The minimum Gasteiger partial charge on any atom is -0.485 e. The summed E-state index contributed by atoms with van der Waals surface area (Å²) in [5, 5.41) is 18.3. The first-order valence-corrected chi connectivity index (χ1v) is 6.32. The van der Waals surface area contributed by atoms with E-state index in [9.17, 15) is 5.11 Å². The number of aliphatic hydroxyl groups is 1. The third-order valence-electron chi connectivity index (χ3n) is 2.96. The Hall–Kier alpha value is -1.59. The number of rotatable bonds is 4. The van der Waals surface area contributed by atoms with Gasteiger partial charge in [0.25, 0.3) is 0 Å². The van der Waals surface area contributed by atoms with Crippen LogP contribution < -0.4 is 4.74 Å². The Morgan fingerprint density at radius 2 is 2.16 bits per heavy atom. The van der Waals surface area contributed by atoms with Crippen LogP contribution in [0.2, 0.25) is 5.02 Å². The molecule has 0 radical (unpaired) electrons. The van der Waals surface area contributed by atoms with Gasteiger partial charge in [-0.15, -0.1) is 10.2 Å². The third kappa shape index (κ3) is 3.05. The predicted octanol–water partition coefficient (Wildman–Crippen LogP) is 2.41. The number of ether oxygens (including phenoxy) is 1. The highest BCUT2D eigenvalue weighted by molar-refractivity contribution is 6.30. The Morgan fingerprint density at radius 3 is 2.74 bits per heavy atom. The fraction of sp³-hybridized carbons (Fsp3) is 0.385. The van der Waals surface area contributed by atoms with Gasteiger partial charge < -0.3 is 14.4 Å². The number of aryl methyl sites for hydroxylation is 1. The van der Waals surface area contributed by atoms with Crippen LogP contribution in [-0.2, 0) is 13.7 Å². The van der Waals surface area contributed by atoms with Crippen LogP contribution in [0.5, 0.6) is 5.75 Å². The summed E-state index contributed by atoms with van der Waals surface area (Å²) in [6.45, 7) is 3.84. The molecule has 1 N–H and O–H groups in total. The maximum Gasteiger partial charge on any atom is 0.170 e. The molecule has 0 spiro atoms. The fourth-order valence-corrected chi connectivity index (χ4v) is 1.88. The molecule has 0 aliphatic rings. The Kier molecular flexibility index (Phi) is 4.07. The molecule has 102 valence electrons. The van der Waals surface area contributed by atoms with Crippen LogP contribution in [0.1, 0.15) is 30.2 Å². The average molecular weight is 282 g/mol. The van der Waals surface area contributed by atoms with E-state index in [1.165, 1.54) is 0 Å². The highest BCUT2D eigenvalue weighted by Gasteiger charge is 2.12. The molecule has 0 unspecified atom stereocenters. The molecule has 1 aromatic heterocycles. The summed E-state index contributed by atoms with van der Waals surface area (Å²) in [5.74, 6) is 2.15. The second-order valence-corrected chi connectivity index (χ2v) is 4.81. The molecule has 0 fully saturated rings. The molecular weight excluding hydrogens is 266 g/mol. The van der Waals surface area contributed by atoms with Crippen molar-refractivity contribution in [2.75, 3.05) is 0 Å². The molecule has 5 nitrogen and oxygen atoms in total. The van der Waals surface area contributed by atoms with Crippen molar-refractivity contribution in [3.8, 4) is 5.75 Å². The van der Waals surface area contributed by atoms with Crippen LogP contribution in [0.3, 0.4) is 0 Å². The number of hydrogen-bond donors (Lipinski definition) is 1. The van der Waals surface area contributed by atoms with E-state index in [1.807, 2.05) is 18.5 Å². The van der Waals surface area contributed by atoms with Gasteiger partial charge in [-0.1, -0.05) is 11.6 Å². The standard InChI is InChI=1S/C13H16ClN3O2/c1-8(18)11-6-10(14)4-5-12(11)19-7-13-16-15-9(2)17(13)3/h4-6,8,18H,7H2,1-3H3/t8-/m1/s1. The van der Waals surface area contributed by atoms with Crippen LogP contribution in [-0.4, -0.2) is 19.9 Å². The first kappa shape index (κ1) is 13.8. The summed E-state index contributed by atoms with van der Waals surface area (Å²) in [6, 6.07) is 5.17. The van der Waals surface area contributed by atoms with Gasteiger partial charge in [-0.2, -0.15) is 0 Å². The molecule has 1 atom stereocenters. The van der Waals surface area contributed by atoms with Crippen molar-refractivity contribution in [3.63, 3.8) is 0 Å². The first-order valence-electron chi connectivity index (χ1n) is 5.94. The highest BCUT2D eigenvalue weighted by Crippen LogP contribution is 2.28. The van der Waals surface area contributed by atoms with Crippen molar-refractivity contribution in [2.24, 2.45) is 7.05 Å². The molecule has 0 aliphatic carbocycles. The lowest BCUT2D eigenvalue weighted by Crippen LogP contribution is -2.06. The largest absolute Gasteiger partial charge is 0.485 e. The number of benzene rings is 1. The van der Waals surface area contributed by atoms with Crippen molar-refractivity contribution in [1.82, 2.24) is 14.8 Å². The van der Waals surface area contributed by atoms with Crippen molar-refractivity contribution < 1.29 is 9.84 Å². The zero-order valence-corrected chi connectivity index (χ0v) is 11.8. The Labute approximate surface area is 116 Å². The van der Waals surface area contributed by atoms with E-state index in [0.29, 0.717) is 22.9 Å². The highest BCUT2D eigenvalue weighted by atomic mass is 35.5. The monoisotopic (exact) mass is 281 g/mol. The van der Waals surface area contributed by atoms with Gasteiger partial charge in [0.15, 0.2) is 5.82 Å². The lowest BCUT2D eigenvalue weighted by atomic mass is 10.1. The minimum atomic E-state index is -0.644. The lowest BCUT2D eigenvalue weighted by Gasteiger charge is -2.13. The first-order chi connectivity index (χ1) is 8.99. The molecule has 0 aliphatic heterocycles. The number of nitrogens with zero attached hydrogens (tertiary/aromatic N) is 3. The van der Waals surface area contributed by atoms with Crippen molar-refractivity contribution in [3.05, 3.63) is 40.4 Å². The summed E-state index contributed by atoms with van der Waals surface area (Å²) in [5.41, 5.74) is 0.659. The summed E-state index contributed by atoms with van der Waals surface area (Å²) in [4.78, 5) is 0. The molecule has 0 amide bonds. The Bertz CT molecular complexity index is 581. The van der Waals surface area contributed by atoms with E-state index in [4.69, 9.17) is 16.3 Å². The van der Waals surface area contributed by atoms with E-state index in [2.05, 4.69) is 10.2 Å². The van der Waals surface area contributed by atoms with Crippen molar-refractivity contribution in [2.45, 2.75) is 26.6 Å². The van der Waals surface area contributed by atoms with E-state index in [0.717, 1.165) is 11.6 Å². The van der Waals surface area contributed by atoms with Crippen LogP contribution >= 0.6 is 11.6 Å². The van der Waals surface area contributed by atoms with Crippen molar-refractivity contribution >= 4 is 11.6 Å².